The van der Waals surface area contributed by atoms with Crippen molar-refractivity contribution in [3.05, 3.63) is 48.2 Å². The lowest BCUT2D eigenvalue weighted by Gasteiger charge is -2.36. The molecule has 3 aromatic heterocycles. The number of hydrogen-bond acceptors (Lipinski definition) is 12. The monoisotopic (exact) mass is 533 g/mol. The predicted octanol–water partition coefficient (Wildman–Crippen LogP) is 2.14. The first-order valence-corrected chi connectivity index (χ1v) is 12.7. The number of carbonyl (C=O) groups is 1. The van der Waals surface area contributed by atoms with E-state index in [1.807, 2.05) is 24.3 Å². The molecule has 0 atom stereocenters. The molecule has 13 heteroatoms. The third-order valence-electron chi connectivity index (χ3n) is 6.38. The summed E-state index contributed by atoms with van der Waals surface area (Å²) in [5.74, 6) is 2.02. The Labute approximate surface area is 225 Å². The maximum atomic E-state index is 10.8. The average Bonchev–Trinajstić information content (AvgIpc) is 3.63. The Hall–Kier alpha value is -4.65. The number of hydrogen-bond donors (Lipinski definition) is 3. The number of aromatic nitrogens is 4. The van der Waals surface area contributed by atoms with Crippen LogP contribution in [-0.4, -0.2) is 89.1 Å². The van der Waals surface area contributed by atoms with Gasteiger partial charge in [-0.3, -0.25) is 9.69 Å². The average molecular weight is 534 g/mol. The SMILES string of the molecule is CC(=O)OCCOc1ccc(N2CCN(CCNc3nc(N)n4nc(-c5ccco5)nc4c3C=N)CC2)cc1. The minimum Gasteiger partial charge on any atom is -0.490 e. The van der Waals surface area contributed by atoms with Gasteiger partial charge in [-0.15, -0.1) is 5.10 Å². The van der Waals surface area contributed by atoms with Gasteiger partial charge in [-0.2, -0.15) is 9.50 Å². The maximum absolute atomic E-state index is 10.8. The summed E-state index contributed by atoms with van der Waals surface area (Å²) in [7, 11) is 0. The Kier molecular flexibility index (Phi) is 7.87. The van der Waals surface area contributed by atoms with Gasteiger partial charge in [0, 0.05) is 58.1 Å². The van der Waals surface area contributed by atoms with E-state index in [0.29, 0.717) is 41.8 Å². The second-order valence-electron chi connectivity index (χ2n) is 8.96. The molecular weight excluding hydrogens is 502 g/mol. The molecule has 4 heterocycles. The van der Waals surface area contributed by atoms with Gasteiger partial charge in [0.1, 0.15) is 24.8 Å². The Morgan fingerprint density at radius 3 is 2.64 bits per heavy atom. The number of nitrogen functional groups attached to an aromatic ring is 1. The van der Waals surface area contributed by atoms with Crippen molar-refractivity contribution in [2.24, 2.45) is 0 Å². The number of fused-ring (bicyclic) bond motifs is 1. The van der Waals surface area contributed by atoms with Crippen molar-refractivity contribution in [1.29, 1.82) is 5.41 Å². The first-order chi connectivity index (χ1) is 19.0. The molecular formula is C26H31N9O4. The molecule has 4 aromatic rings. The Balaban J connectivity index is 1.12. The molecule has 1 aromatic carbocycles. The second kappa shape index (κ2) is 11.8. The van der Waals surface area contributed by atoms with Gasteiger partial charge in [0.05, 0.1) is 11.8 Å². The normalized spacial score (nSPS) is 13.9. The van der Waals surface area contributed by atoms with Crippen molar-refractivity contribution in [2.45, 2.75) is 6.92 Å². The van der Waals surface area contributed by atoms with Crippen molar-refractivity contribution in [1.82, 2.24) is 24.5 Å². The molecule has 13 nitrogen and oxygen atoms in total. The first kappa shape index (κ1) is 26.0. The number of esters is 1. The molecule has 204 valence electrons. The molecule has 0 bridgehead atoms. The van der Waals surface area contributed by atoms with Crippen LogP contribution in [0.1, 0.15) is 12.5 Å². The molecule has 0 unspecified atom stereocenters. The first-order valence-electron chi connectivity index (χ1n) is 12.7. The number of carbonyl (C=O) groups excluding carboxylic acids is 1. The number of nitrogens with zero attached hydrogens (tertiary/aromatic N) is 6. The molecule has 1 aliphatic heterocycles. The Bertz CT molecular complexity index is 1410. The summed E-state index contributed by atoms with van der Waals surface area (Å²) >= 11 is 0. The number of nitrogens with two attached hydrogens (primary N) is 1. The van der Waals surface area contributed by atoms with Crippen molar-refractivity contribution in [2.75, 3.05) is 68.4 Å². The summed E-state index contributed by atoms with van der Waals surface area (Å²) in [5.41, 5.74) is 8.25. The van der Waals surface area contributed by atoms with Gasteiger partial charge in [-0.05, 0) is 36.4 Å². The fraction of sp³-hybridized carbons (Fsp3) is 0.346. The van der Waals surface area contributed by atoms with E-state index >= 15 is 0 Å². The zero-order valence-corrected chi connectivity index (χ0v) is 21.7. The van der Waals surface area contributed by atoms with E-state index in [1.54, 1.807) is 18.4 Å². The molecule has 5 rings (SSSR count). The topological polar surface area (TPSA) is 160 Å². The molecule has 0 aliphatic carbocycles. The number of furan rings is 1. The van der Waals surface area contributed by atoms with Gasteiger partial charge in [-0.1, -0.05) is 0 Å². The van der Waals surface area contributed by atoms with Crippen LogP contribution >= 0.6 is 0 Å². The van der Waals surface area contributed by atoms with E-state index in [2.05, 4.69) is 30.2 Å². The van der Waals surface area contributed by atoms with Crippen LogP contribution in [0.15, 0.2) is 47.1 Å². The highest BCUT2D eigenvalue weighted by molar-refractivity contribution is 5.93. The number of nitrogens with one attached hydrogen (secondary N) is 2. The van der Waals surface area contributed by atoms with Gasteiger partial charge in [0.15, 0.2) is 11.4 Å². The highest BCUT2D eigenvalue weighted by Gasteiger charge is 2.19. The fourth-order valence-corrected chi connectivity index (χ4v) is 4.41. The standard InChI is InChI=1S/C26H31N9O4/c1-18(36)37-15-16-38-20-6-4-19(5-7-20)34-12-10-33(11-13-34)9-8-29-23-21(17-27)25-30-24(22-3-2-14-39-22)32-35(25)26(28)31-23/h2-7,14,17,27,29H,8-13,15-16H2,1H3,(H2,28,31). The van der Waals surface area contributed by atoms with Crippen molar-refractivity contribution < 1.29 is 18.7 Å². The largest absolute Gasteiger partial charge is 0.490 e. The maximum Gasteiger partial charge on any atom is 0.302 e. The lowest BCUT2D eigenvalue weighted by atomic mass is 10.2. The number of anilines is 3. The number of piperazine rings is 1. The van der Waals surface area contributed by atoms with E-state index in [9.17, 15) is 4.79 Å². The Morgan fingerprint density at radius 1 is 1.15 bits per heavy atom. The van der Waals surface area contributed by atoms with Crippen LogP contribution in [0.25, 0.3) is 17.2 Å². The molecule has 0 radical (unpaired) electrons. The van der Waals surface area contributed by atoms with E-state index in [4.69, 9.17) is 25.0 Å². The summed E-state index contributed by atoms with van der Waals surface area (Å²) in [6.45, 7) is 7.06. The minimum atomic E-state index is -0.310. The van der Waals surface area contributed by atoms with Crippen LogP contribution < -0.4 is 20.7 Å². The highest BCUT2D eigenvalue weighted by Crippen LogP contribution is 2.24. The molecule has 39 heavy (non-hydrogen) atoms. The van der Waals surface area contributed by atoms with Crippen LogP contribution in [0, 0.1) is 5.41 Å². The quantitative estimate of drug-likeness (QED) is 0.147. The number of benzene rings is 1. The summed E-state index contributed by atoms with van der Waals surface area (Å²) < 4.78 is 17.3. The van der Waals surface area contributed by atoms with Gasteiger partial charge in [-0.25, -0.2) is 4.98 Å². The van der Waals surface area contributed by atoms with Gasteiger partial charge < -0.3 is 35.3 Å². The Morgan fingerprint density at radius 2 is 1.95 bits per heavy atom. The third kappa shape index (κ3) is 6.09. The summed E-state index contributed by atoms with van der Waals surface area (Å²) in [4.78, 5) is 24.5. The van der Waals surface area contributed by atoms with Crippen LogP contribution in [-0.2, 0) is 9.53 Å². The van der Waals surface area contributed by atoms with Crippen LogP contribution in [0.5, 0.6) is 5.75 Å². The number of ether oxygens (including phenoxy) is 2. The molecule has 4 N–H and O–H groups in total. The molecule has 0 amide bonds. The van der Waals surface area contributed by atoms with E-state index in [-0.39, 0.29) is 18.5 Å². The van der Waals surface area contributed by atoms with Gasteiger partial charge in [0.2, 0.25) is 11.8 Å². The third-order valence-corrected chi connectivity index (χ3v) is 6.38. The van der Waals surface area contributed by atoms with Crippen molar-refractivity contribution in [3.63, 3.8) is 0 Å². The van der Waals surface area contributed by atoms with Crippen molar-refractivity contribution in [3.8, 4) is 17.3 Å². The predicted molar refractivity (Wildman–Crippen MR) is 146 cm³/mol. The van der Waals surface area contributed by atoms with Crippen LogP contribution in [0.3, 0.4) is 0 Å². The molecule has 1 saturated heterocycles. The van der Waals surface area contributed by atoms with E-state index < -0.39 is 0 Å². The lowest BCUT2D eigenvalue weighted by Crippen LogP contribution is -2.47. The highest BCUT2D eigenvalue weighted by atomic mass is 16.6. The summed E-state index contributed by atoms with van der Waals surface area (Å²) in [6, 6.07) is 11.5. The molecule has 1 fully saturated rings. The molecule has 0 saturated carbocycles. The van der Waals surface area contributed by atoms with Gasteiger partial charge >= 0.3 is 5.97 Å². The smallest absolute Gasteiger partial charge is 0.302 e. The van der Waals surface area contributed by atoms with Crippen molar-refractivity contribution >= 4 is 35.3 Å². The number of rotatable bonds is 11. The zero-order chi connectivity index (χ0) is 27.2. The van der Waals surface area contributed by atoms with Gasteiger partial charge in [0.25, 0.3) is 0 Å². The van der Waals surface area contributed by atoms with E-state index in [0.717, 1.165) is 44.2 Å². The summed E-state index contributed by atoms with van der Waals surface area (Å²) in [6.07, 6.45) is 2.76. The van der Waals surface area contributed by atoms with Crippen LogP contribution in [0.4, 0.5) is 17.5 Å². The molecule has 0 spiro atoms. The molecule has 1 aliphatic rings. The van der Waals surface area contributed by atoms with E-state index in [1.165, 1.54) is 17.7 Å². The summed E-state index contributed by atoms with van der Waals surface area (Å²) in [5, 5.41) is 15.6. The lowest BCUT2D eigenvalue weighted by molar-refractivity contribution is -0.141. The second-order valence-corrected chi connectivity index (χ2v) is 8.96. The fourth-order valence-electron chi connectivity index (χ4n) is 4.41. The minimum absolute atomic E-state index is 0.179. The van der Waals surface area contributed by atoms with Crippen LogP contribution in [0.2, 0.25) is 0 Å². The zero-order valence-electron chi connectivity index (χ0n) is 21.7.